The number of phenols is 3. The molecule has 14 rings (SSSR count). The van der Waals surface area contributed by atoms with Gasteiger partial charge >= 0.3 is 8.55 Å². The normalized spacial score (nSPS) is 25.8. The standard InChI is InChI=1S/C25H21NO7.C19H16INO7.C19H17NO7.C6H7BO2.2C2H6/c26-24(32)20-17(28)10-13-8-12-9-15-14(11-4-2-1-3-5-11)6-7-16(27)19(15)21(29)18(12)22(30)25(13,33)23(20)31;20-9-1-2-10(22)13-8(9)4-6-3-7-5-11(23)14(18(21)27)17(26)19(7,28)16(25)12(6)15(13)24;20-18(26)14-11(22)6-9-5-8-4-7-2-1-3-10(21)12(7)15(23)13(8)16(24)19(9,27)17(14)25;8-7(9)6-4-2-1-3-5-6;2*1-2/h1-7,12-13,27,29,31,33H,8-10H2,(H2,26,32);1-2,6-7,22,24,26,28H,3-5H2,(H2,21,27);1-3,8-9,21,23,25,27H,4-6H2,(H2,20,26);1-5,8-9H;2*1-2H3/p+1/t12?,13?,25-;6?,7?,19-;8?,9?,19-;;;/m000.../s1. The highest BCUT2D eigenvalue weighted by molar-refractivity contribution is 14.1. The van der Waals surface area contributed by atoms with E-state index in [2.05, 4.69) is 22.6 Å². The van der Waals surface area contributed by atoms with Gasteiger partial charge in [0, 0.05) is 57.3 Å². The van der Waals surface area contributed by atoms with Crippen molar-refractivity contribution in [1.29, 1.82) is 0 Å². The molecule has 528 valence electrons. The van der Waals surface area contributed by atoms with Crippen molar-refractivity contribution in [3.05, 3.63) is 191 Å². The second-order valence-corrected chi connectivity index (χ2v) is 26.2. The molecule has 0 radical (unpaired) electrons. The van der Waals surface area contributed by atoms with Crippen LogP contribution in [-0.4, -0.2) is 148 Å². The van der Waals surface area contributed by atoms with E-state index in [1.165, 1.54) is 18.2 Å². The number of fused-ring (bicyclic) bond motifs is 9. The lowest BCUT2D eigenvalue weighted by molar-refractivity contribution is -0.148. The van der Waals surface area contributed by atoms with E-state index in [1.54, 1.807) is 48.5 Å². The molecule has 3 saturated carbocycles. The van der Waals surface area contributed by atoms with Crippen LogP contribution in [0.3, 0.4) is 0 Å². The second-order valence-electron chi connectivity index (χ2n) is 25.1. The maximum absolute atomic E-state index is 13.5. The zero-order chi connectivity index (χ0) is 74.6. The smallest absolute Gasteiger partial charge is 0.508 e. The summed E-state index contributed by atoms with van der Waals surface area (Å²) in [6.45, 7) is 8.00. The largest absolute Gasteiger partial charge is 1.00 e. The number of aromatic hydroxyl groups is 3. The number of carbonyl (C=O) groups excluding carboxylic acids is 9. The first kappa shape index (κ1) is 75.0. The summed E-state index contributed by atoms with van der Waals surface area (Å²) < 4.78 is 0.794. The Balaban J connectivity index is 0.000000178. The van der Waals surface area contributed by atoms with E-state index < -0.39 is 163 Å². The minimum Gasteiger partial charge on any atom is -0.508 e. The third-order valence-corrected chi connectivity index (χ3v) is 20.8. The minimum atomic E-state index is -2.55. The molecule has 0 spiro atoms. The minimum absolute atomic E-state index is 0. The highest BCUT2D eigenvalue weighted by atomic mass is 127. The van der Waals surface area contributed by atoms with Gasteiger partial charge in [-0.05, 0) is 136 Å². The quantitative estimate of drug-likeness (QED) is 0.0620. The van der Waals surface area contributed by atoms with Gasteiger partial charge in [0.15, 0.2) is 34.2 Å². The van der Waals surface area contributed by atoms with E-state index in [9.17, 15) is 104 Å². The summed E-state index contributed by atoms with van der Waals surface area (Å²) in [7, 11) is -1.34. The molecule has 5 aromatic carbocycles. The van der Waals surface area contributed by atoms with E-state index in [-0.39, 0.29) is 97.0 Å². The van der Waals surface area contributed by atoms with Crippen LogP contribution in [-0.2, 0) is 62.4 Å². The van der Waals surface area contributed by atoms with Crippen LogP contribution in [0.4, 0.5) is 0 Å². The first-order chi connectivity index (χ1) is 47.7. The molecule has 0 aliphatic heterocycles. The van der Waals surface area contributed by atoms with E-state index in [0.29, 0.717) is 35.0 Å². The number of carbonyl (C=O) groups is 9. The first-order valence-corrected chi connectivity index (χ1v) is 33.3. The SMILES string of the molecule is CC.CC.NC(=O)C1=C(O)[C@@]2(O)C(=O)C3=C(O)c4c(O)ccc(-c5ccccc5)c4CC3CC2CC1=O.NC(=O)C1=C(O)[C@@]2(O)C(=O)C3=C(O)c4c(O)ccc(I)c4CC3CC2CC1=O.NC(=O)C1=C(O)[C@@]2(O)C(=O)C3=C(O)c4c(O)cccc4CC3CC2CC1=O.OB(O)c1ccccc1.[H+]. The number of ketones is 6. The molecular formula is C73H74BIN3O23+. The molecule has 6 unspecified atom stereocenters. The lowest BCUT2D eigenvalue weighted by atomic mass is 9.59. The van der Waals surface area contributed by atoms with E-state index >= 15 is 0 Å². The molecule has 9 atom stereocenters. The van der Waals surface area contributed by atoms with Crippen LogP contribution in [0.2, 0.25) is 0 Å². The highest BCUT2D eigenvalue weighted by Crippen LogP contribution is 2.56. The van der Waals surface area contributed by atoms with Gasteiger partial charge in [-0.15, -0.1) is 0 Å². The van der Waals surface area contributed by atoms with Gasteiger partial charge in [-0.1, -0.05) is 107 Å². The van der Waals surface area contributed by atoms with Crippen molar-refractivity contribution in [3.8, 4) is 28.4 Å². The fourth-order valence-corrected chi connectivity index (χ4v) is 15.9. The molecule has 0 saturated heterocycles. The van der Waals surface area contributed by atoms with Gasteiger partial charge in [-0.25, -0.2) is 0 Å². The number of rotatable bonds is 5. The molecule has 0 aromatic heterocycles. The Hall–Kier alpha value is -10.2. The summed E-state index contributed by atoms with van der Waals surface area (Å²) in [5, 5.41) is 145. The average Bonchev–Trinajstić information content (AvgIpc) is 0.717. The fraction of sp³-hybridized carbons (Fsp3) is 0.301. The number of amides is 3. The fourth-order valence-electron chi connectivity index (χ4n) is 15.3. The number of hydrogen-bond acceptors (Lipinski definition) is 23. The van der Waals surface area contributed by atoms with Crippen LogP contribution in [0.5, 0.6) is 17.2 Å². The van der Waals surface area contributed by atoms with Crippen molar-refractivity contribution in [2.45, 2.75) is 102 Å². The zero-order valence-corrected chi connectivity index (χ0v) is 56.9. The van der Waals surface area contributed by atoms with Gasteiger partial charge in [0.1, 0.15) is 68.5 Å². The van der Waals surface area contributed by atoms with Crippen molar-refractivity contribution < 1.29 is 116 Å². The molecule has 9 aliphatic rings. The monoisotopic (exact) mass is 1500 g/mol. The van der Waals surface area contributed by atoms with Gasteiger partial charge in [-0.3, -0.25) is 43.2 Å². The molecule has 3 amide bonds. The summed E-state index contributed by atoms with van der Waals surface area (Å²) >= 11 is 2.06. The van der Waals surface area contributed by atoms with Crippen LogP contribution in [0.25, 0.3) is 28.4 Å². The predicted octanol–water partition coefficient (Wildman–Crippen LogP) is 5.07. The number of nitrogens with two attached hydrogens (primary N) is 3. The molecule has 101 heavy (non-hydrogen) atoms. The summed E-state index contributed by atoms with van der Waals surface area (Å²) in [6, 6.07) is 29.0. The van der Waals surface area contributed by atoms with Crippen molar-refractivity contribution >= 4 is 105 Å². The third-order valence-electron chi connectivity index (χ3n) is 19.8. The van der Waals surface area contributed by atoms with Crippen LogP contribution in [0, 0.1) is 39.1 Å². The maximum Gasteiger partial charge on any atom is 1.00 e. The molecule has 3 fully saturated rings. The van der Waals surface area contributed by atoms with Gasteiger partial charge in [-0.2, -0.15) is 0 Å². The molecule has 26 nitrogen and oxygen atoms in total. The molecular weight excluding hydrogens is 1420 g/mol. The van der Waals surface area contributed by atoms with E-state index in [0.717, 1.165) is 14.7 Å². The predicted molar refractivity (Wildman–Crippen MR) is 372 cm³/mol. The number of primary amides is 3. The summed E-state index contributed by atoms with van der Waals surface area (Å²) in [6.07, 6.45) is 0.311. The van der Waals surface area contributed by atoms with Crippen LogP contribution in [0.15, 0.2) is 154 Å². The van der Waals surface area contributed by atoms with Crippen molar-refractivity contribution in [3.63, 3.8) is 0 Å². The molecule has 0 heterocycles. The Kier molecular flexibility index (Phi) is 21.4. The van der Waals surface area contributed by atoms with Crippen molar-refractivity contribution in [1.82, 2.24) is 0 Å². The molecule has 20 N–H and O–H groups in total. The zero-order valence-electron chi connectivity index (χ0n) is 55.8. The van der Waals surface area contributed by atoms with Gasteiger partial charge in [0.25, 0.3) is 17.7 Å². The first-order valence-electron chi connectivity index (χ1n) is 32.3. The summed E-state index contributed by atoms with van der Waals surface area (Å²) in [5.74, 6) is -18.6. The number of halogens is 1. The van der Waals surface area contributed by atoms with Crippen LogP contribution < -0.4 is 22.7 Å². The Bertz CT molecular complexity index is 4580. The molecule has 0 bridgehead atoms. The van der Waals surface area contributed by atoms with Gasteiger partial charge in [0.2, 0.25) is 17.3 Å². The molecule has 28 heteroatoms. The Morgan fingerprint density at radius 3 is 1.17 bits per heavy atom. The lowest BCUT2D eigenvalue weighted by Gasteiger charge is -2.46. The maximum atomic E-state index is 13.5. The van der Waals surface area contributed by atoms with Crippen molar-refractivity contribution in [2.24, 2.45) is 52.7 Å². The van der Waals surface area contributed by atoms with Crippen LogP contribution >= 0.6 is 22.6 Å². The summed E-state index contributed by atoms with van der Waals surface area (Å²) in [4.78, 5) is 111. The Morgan fingerprint density at radius 2 is 0.782 bits per heavy atom. The number of hydrogen-bond donors (Lipinski definition) is 17. The molecule has 5 aromatic rings. The Morgan fingerprint density at radius 1 is 0.436 bits per heavy atom. The number of phenolic OH excluding ortho intramolecular Hbond substituents is 3. The van der Waals surface area contributed by atoms with Crippen LogP contribution in [0.1, 0.15) is 101 Å². The van der Waals surface area contributed by atoms with E-state index in [1.807, 2.05) is 64.1 Å². The summed E-state index contributed by atoms with van der Waals surface area (Å²) in [5.41, 5.74) is 9.49. The average molecular weight is 1500 g/mol. The van der Waals surface area contributed by atoms with E-state index in [4.69, 9.17) is 27.2 Å². The lowest BCUT2D eigenvalue weighted by Crippen LogP contribution is -2.58. The van der Waals surface area contributed by atoms with Gasteiger partial charge in [0.05, 0.1) is 16.7 Å². The number of aliphatic hydroxyl groups excluding tert-OH is 6. The number of benzene rings is 5. The third kappa shape index (κ3) is 12.4. The number of aliphatic hydroxyl groups is 9. The molecule has 9 aliphatic carbocycles. The second kappa shape index (κ2) is 28.8. The Labute approximate surface area is 591 Å². The highest BCUT2D eigenvalue weighted by Gasteiger charge is 2.63. The van der Waals surface area contributed by atoms with Gasteiger partial charge < -0.3 is 88.5 Å². The number of Topliss-reactive ketones (excluding diaryl/α,β-unsaturated/α-hetero) is 6. The topological polar surface area (TPSA) is 515 Å². The van der Waals surface area contributed by atoms with Crippen molar-refractivity contribution in [2.75, 3.05) is 0 Å².